The second-order valence-corrected chi connectivity index (χ2v) is 7.58. The minimum atomic E-state index is 0.362. The zero-order chi connectivity index (χ0) is 15.3. The smallest absolute Gasteiger partial charge is 0.0177 e. The van der Waals surface area contributed by atoms with Crippen LogP contribution in [0.5, 0.6) is 0 Å². The molecule has 0 bridgehead atoms. The van der Waals surface area contributed by atoms with Crippen molar-refractivity contribution < 1.29 is 0 Å². The molecule has 0 aliphatic heterocycles. The largest absolute Gasteiger partial charge is 0.0622 e. The maximum atomic E-state index is 2.44. The third kappa shape index (κ3) is 1.84. The quantitative estimate of drug-likeness (QED) is 0.585. The van der Waals surface area contributed by atoms with Crippen molar-refractivity contribution in [3.63, 3.8) is 0 Å². The summed E-state index contributed by atoms with van der Waals surface area (Å²) in [5.41, 5.74) is 8.64. The molecule has 3 aliphatic rings. The lowest BCUT2D eigenvalue weighted by Crippen LogP contribution is -2.28. The molecule has 0 radical (unpaired) electrons. The third-order valence-electron chi connectivity index (χ3n) is 6.55. The molecule has 0 N–H and O–H groups in total. The van der Waals surface area contributed by atoms with Gasteiger partial charge in [0.05, 0.1) is 0 Å². The lowest BCUT2D eigenvalue weighted by molar-refractivity contribution is 0.345. The van der Waals surface area contributed by atoms with Gasteiger partial charge in [-0.2, -0.15) is 0 Å². The van der Waals surface area contributed by atoms with E-state index >= 15 is 0 Å². The van der Waals surface area contributed by atoms with E-state index in [9.17, 15) is 0 Å². The first kappa shape index (κ1) is 13.6. The summed E-state index contributed by atoms with van der Waals surface area (Å²) in [5.74, 6) is 0.694. The zero-order valence-electron chi connectivity index (χ0n) is 13.7. The fourth-order valence-corrected chi connectivity index (χ4v) is 5.73. The highest BCUT2D eigenvalue weighted by molar-refractivity contribution is 5.78. The van der Waals surface area contributed by atoms with Crippen LogP contribution in [0.1, 0.15) is 67.6 Å². The first-order valence-corrected chi connectivity index (χ1v) is 9.28. The Labute approximate surface area is 139 Å². The molecule has 2 aromatic carbocycles. The van der Waals surface area contributed by atoms with E-state index in [0.717, 1.165) is 0 Å². The van der Waals surface area contributed by atoms with E-state index in [4.69, 9.17) is 0 Å². The van der Waals surface area contributed by atoms with E-state index in [-0.39, 0.29) is 0 Å². The summed E-state index contributed by atoms with van der Waals surface area (Å²) in [5, 5.41) is 0. The van der Waals surface area contributed by atoms with Gasteiger partial charge in [0.1, 0.15) is 0 Å². The molecule has 116 valence electrons. The van der Waals surface area contributed by atoms with Gasteiger partial charge < -0.3 is 0 Å². The Kier molecular flexibility index (Phi) is 3.01. The standard InChI is InChI=1S/C23H24/c1-3-9-17(10-4-1)18-13-14-20-19-11-5-6-12-21(19)23(22(18)20)15-7-2-8-16-23/h1,3-6,9-12,20H,2,7-8,13-16H2. The third-order valence-corrected chi connectivity index (χ3v) is 6.55. The zero-order valence-corrected chi connectivity index (χ0v) is 13.7. The van der Waals surface area contributed by atoms with Gasteiger partial charge in [0, 0.05) is 11.3 Å². The Hall–Kier alpha value is -1.82. The van der Waals surface area contributed by atoms with E-state index < -0.39 is 0 Å². The Morgan fingerprint density at radius 1 is 0.783 bits per heavy atom. The van der Waals surface area contributed by atoms with E-state index in [1.807, 2.05) is 5.57 Å². The molecule has 0 aromatic heterocycles. The average molecular weight is 300 g/mol. The molecule has 0 nitrogen and oxygen atoms in total. The number of allylic oxidation sites excluding steroid dienone is 2. The topological polar surface area (TPSA) is 0 Å². The van der Waals surface area contributed by atoms with Crippen LogP contribution in [0.15, 0.2) is 60.2 Å². The molecule has 2 aromatic rings. The lowest BCUT2D eigenvalue weighted by atomic mass is 9.66. The summed E-state index contributed by atoms with van der Waals surface area (Å²) in [6.07, 6.45) is 9.53. The summed E-state index contributed by atoms with van der Waals surface area (Å²) in [7, 11) is 0. The van der Waals surface area contributed by atoms with E-state index in [0.29, 0.717) is 11.3 Å². The van der Waals surface area contributed by atoms with Gasteiger partial charge in [-0.1, -0.05) is 73.9 Å². The van der Waals surface area contributed by atoms with E-state index in [1.165, 1.54) is 50.5 Å². The number of hydrogen-bond donors (Lipinski definition) is 0. The molecule has 1 unspecified atom stereocenters. The summed E-state index contributed by atoms with van der Waals surface area (Å²) in [4.78, 5) is 0. The van der Waals surface area contributed by atoms with Crippen LogP contribution in [0.4, 0.5) is 0 Å². The van der Waals surface area contributed by atoms with Crippen LogP contribution in [0.3, 0.4) is 0 Å². The van der Waals surface area contributed by atoms with Crippen LogP contribution in [0.25, 0.3) is 5.57 Å². The average Bonchev–Trinajstić information content (AvgIpc) is 3.17. The second-order valence-electron chi connectivity index (χ2n) is 7.58. The van der Waals surface area contributed by atoms with Crippen LogP contribution >= 0.6 is 0 Å². The van der Waals surface area contributed by atoms with Gasteiger partial charge >= 0.3 is 0 Å². The highest BCUT2D eigenvalue weighted by Gasteiger charge is 2.51. The molecular weight excluding hydrogens is 276 g/mol. The van der Waals surface area contributed by atoms with Gasteiger partial charge in [-0.15, -0.1) is 0 Å². The van der Waals surface area contributed by atoms with Crippen LogP contribution in [-0.4, -0.2) is 0 Å². The normalized spacial score (nSPS) is 24.8. The van der Waals surface area contributed by atoms with Gasteiger partial charge in [-0.3, -0.25) is 0 Å². The first-order valence-electron chi connectivity index (χ1n) is 9.28. The molecular formula is C23H24. The molecule has 5 rings (SSSR count). The van der Waals surface area contributed by atoms with Crippen LogP contribution in [-0.2, 0) is 5.41 Å². The minimum Gasteiger partial charge on any atom is -0.0622 e. The molecule has 1 fully saturated rings. The minimum absolute atomic E-state index is 0.362. The summed E-state index contributed by atoms with van der Waals surface area (Å²) < 4.78 is 0. The van der Waals surface area contributed by atoms with Crippen molar-refractivity contribution in [3.05, 3.63) is 76.9 Å². The molecule has 3 aliphatic carbocycles. The second kappa shape index (κ2) is 5.09. The van der Waals surface area contributed by atoms with Gasteiger partial charge in [-0.05, 0) is 53.5 Å². The Morgan fingerprint density at radius 2 is 1.52 bits per heavy atom. The van der Waals surface area contributed by atoms with Crippen LogP contribution in [0.2, 0.25) is 0 Å². The van der Waals surface area contributed by atoms with E-state index in [2.05, 4.69) is 54.6 Å². The van der Waals surface area contributed by atoms with Crippen molar-refractivity contribution >= 4 is 5.57 Å². The molecule has 0 amide bonds. The predicted molar refractivity (Wildman–Crippen MR) is 96.5 cm³/mol. The van der Waals surface area contributed by atoms with Crippen molar-refractivity contribution in [2.45, 2.75) is 56.3 Å². The molecule has 1 spiro atoms. The molecule has 0 heteroatoms. The van der Waals surface area contributed by atoms with Gasteiger partial charge in [-0.25, -0.2) is 0 Å². The van der Waals surface area contributed by atoms with Crippen molar-refractivity contribution in [3.8, 4) is 0 Å². The Morgan fingerprint density at radius 3 is 2.35 bits per heavy atom. The van der Waals surface area contributed by atoms with Crippen molar-refractivity contribution in [1.82, 2.24) is 0 Å². The summed E-state index contributed by atoms with van der Waals surface area (Å²) >= 11 is 0. The maximum absolute atomic E-state index is 2.44. The fourth-order valence-electron chi connectivity index (χ4n) is 5.73. The number of rotatable bonds is 1. The Bertz CT molecular complexity index is 760. The fraction of sp³-hybridized carbons (Fsp3) is 0.391. The first-order chi connectivity index (χ1) is 11.4. The molecule has 23 heavy (non-hydrogen) atoms. The van der Waals surface area contributed by atoms with Gasteiger partial charge in [0.2, 0.25) is 0 Å². The maximum Gasteiger partial charge on any atom is 0.0177 e. The monoisotopic (exact) mass is 300 g/mol. The van der Waals surface area contributed by atoms with Gasteiger partial charge in [0.15, 0.2) is 0 Å². The van der Waals surface area contributed by atoms with Crippen LogP contribution < -0.4 is 0 Å². The highest BCUT2D eigenvalue weighted by atomic mass is 14.5. The van der Waals surface area contributed by atoms with Crippen molar-refractivity contribution in [1.29, 1.82) is 0 Å². The predicted octanol–water partition coefficient (Wildman–Crippen LogP) is 6.23. The summed E-state index contributed by atoms with van der Waals surface area (Å²) in [6.45, 7) is 0. The SMILES string of the molecule is c1ccc(C2=C3C(CC2)c2ccccc2C32CCCCC2)cc1. The van der Waals surface area contributed by atoms with Crippen molar-refractivity contribution in [2.75, 3.05) is 0 Å². The van der Waals surface area contributed by atoms with Crippen LogP contribution in [0, 0.1) is 0 Å². The van der Waals surface area contributed by atoms with E-state index in [1.54, 1.807) is 16.7 Å². The lowest BCUT2D eigenvalue weighted by Gasteiger charge is -2.37. The number of fused-ring (bicyclic) bond motifs is 5. The summed E-state index contributed by atoms with van der Waals surface area (Å²) in [6, 6.07) is 20.6. The molecule has 1 saturated carbocycles. The van der Waals surface area contributed by atoms with Crippen molar-refractivity contribution in [2.24, 2.45) is 0 Å². The highest BCUT2D eigenvalue weighted by Crippen LogP contribution is 2.63. The molecule has 0 heterocycles. The molecule has 0 saturated heterocycles. The Balaban J connectivity index is 1.76. The number of hydrogen-bond acceptors (Lipinski definition) is 0. The van der Waals surface area contributed by atoms with Gasteiger partial charge in [0.25, 0.3) is 0 Å². The molecule has 1 atom stereocenters. The number of benzene rings is 2.